The Kier molecular flexibility index (Phi) is 3.10. The highest BCUT2D eigenvalue weighted by Crippen LogP contribution is 2.25. The highest BCUT2D eigenvalue weighted by Gasteiger charge is 2.14. The number of amides is 1. The first-order valence-electron chi connectivity index (χ1n) is 5.64. The normalized spacial score (nSPS) is 10.4. The molecule has 0 aliphatic heterocycles. The minimum absolute atomic E-state index is 0.222. The fourth-order valence-electron chi connectivity index (χ4n) is 1.72. The molecule has 1 aromatic heterocycles. The van der Waals surface area contributed by atoms with Crippen molar-refractivity contribution in [2.75, 3.05) is 5.32 Å². The number of carbonyl (C=O) groups excluding carboxylic acids is 1. The van der Waals surface area contributed by atoms with Gasteiger partial charge in [0, 0.05) is 11.3 Å². The Morgan fingerprint density at radius 3 is 2.50 bits per heavy atom. The number of nitrogens with one attached hydrogen (secondary N) is 1. The van der Waals surface area contributed by atoms with Gasteiger partial charge in [0.05, 0.1) is 6.26 Å². The average Bonchev–Trinajstić information content (AvgIpc) is 2.72. The zero-order chi connectivity index (χ0) is 13.3. The van der Waals surface area contributed by atoms with Gasteiger partial charge < -0.3 is 14.8 Å². The molecule has 1 amide bonds. The number of phenols is 1. The smallest absolute Gasteiger partial charge is 0.291 e. The van der Waals surface area contributed by atoms with Crippen LogP contribution in [0.4, 0.5) is 5.69 Å². The summed E-state index contributed by atoms with van der Waals surface area (Å²) in [6, 6.07) is 5.10. The van der Waals surface area contributed by atoms with E-state index in [0.717, 1.165) is 11.1 Å². The lowest BCUT2D eigenvalue weighted by Crippen LogP contribution is -2.13. The van der Waals surface area contributed by atoms with E-state index < -0.39 is 0 Å². The largest absolute Gasteiger partial charge is 0.508 e. The summed E-state index contributed by atoms with van der Waals surface area (Å²) in [6.45, 7) is 5.42. The van der Waals surface area contributed by atoms with E-state index in [4.69, 9.17) is 4.42 Å². The van der Waals surface area contributed by atoms with Crippen molar-refractivity contribution in [1.29, 1.82) is 0 Å². The Hall–Kier alpha value is -2.23. The SMILES string of the molecule is Cc1cc(NC(=O)c2occc2C)c(C)cc1O. The molecule has 4 heteroatoms. The van der Waals surface area contributed by atoms with Crippen LogP contribution in [-0.2, 0) is 0 Å². The Morgan fingerprint density at radius 2 is 1.89 bits per heavy atom. The third kappa shape index (κ3) is 2.22. The molecule has 2 N–H and O–H groups in total. The number of rotatable bonds is 2. The van der Waals surface area contributed by atoms with Gasteiger partial charge in [-0.1, -0.05) is 0 Å². The van der Waals surface area contributed by atoms with E-state index in [1.165, 1.54) is 6.26 Å². The topological polar surface area (TPSA) is 62.5 Å². The number of aryl methyl sites for hydroxylation is 3. The first-order valence-corrected chi connectivity index (χ1v) is 5.64. The Balaban J connectivity index is 2.28. The van der Waals surface area contributed by atoms with Crippen LogP contribution in [0.25, 0.3) is 0 Å². The molecule has 0 saturated heterocycles. The van der Waals surface area contributed by atoms with E-state index in [9.17, 15) is 9.90 Å². The minimum atomic E-state index is -0.286. The summed E-state index contributed by atoms with van der Waals surface area (Å²) in [5, 5.41) is 12.3. The van der Waals surface area contributed by atoms with E-state index in [1.54, 1.807) is 25.1 Å². The third-order valence-corrected chi connectivity index (χ3v) is 2.86. The van der Waals surface area contributed by atoms with Crippen molar-refractivity contribution in [3.63, 3.8) is 0 Å². The molecule has 0 saturated carbocycles. The quantitative estimate of drug-likeness (QED) is 0.799. The van der Waals surface area contributed by atoms with Gasteiger partial charge in [-0.3, -0.25) is 4.79 Å². The van der Waals surface area contributed by atoms with E-state index in [0.29, 0.717) is 17.0 Å². The van der Waals surface area contributed by atoms with Crippen molar-refractivity contribution in [1.82, 2.24) is 0 Å². The second-order valence-corrected chi connectivity index (χ2v) is 4.34. The second kappa shape index (κ2) is 4.56. The van der Waals surface area contributed by atoms with Crippen molar-refractivity contribution in [3.05, 3.63) is 46.9 Å². The summed E-state index contributed by atoms with van der Waals surface area (Å²) >= 11 is 0. The molecule has 1 heterocycles. The number of hydrogen-bond donors (Lipinski definition) is 2. The predicted molar refractivity (Wildman–Crippen MR) is 69.0 cm³/mol. The van der Waals surface area contributed by atoms with E-state index in [2.05, 4.69) is 5.32 Å². The molecule has 0 aliphatic carbocycles. The highest BCUT2D eigenvalue weighted by atomic mass is 16.3. The highest BCUT2D eigenvalue weighted by molar-refractivity contribution is 6.03. The van der Waals surface area contributed by atoms with Crippen molar-refractivity contribution in [2.45, 2.75) is 20.8 Å². The first-order chi connectivity index (χ1) is 8.49. The van der Waals surface area contributed by atoms with Crippen LogP contribution in [0.3, 0.4) is 0 Å². The van der Waals surface area contributed by atoms with Gasteiger partial charge in [-0.25, -0.2) is 0 Å². The van der Waals surface area contributed by atoms with Gasteiger partial charge in [0.25, 0.3) is 5.91 Å². The lowest BCUT2D eigenvalue weighted by atomic mass is 10.1. The molecule has 0 fully saturated rings. The van der Waals surface area contributed by atoms with E-state index in [-0.39, 0.29) is 11.7 Å². The molecule has 4 nitrogen and oxygen atoms in total. The maximum Gasteiger partial charge on any atom is 0.291 e. The first kappa shape index (κ1) is 12.2. The summed E-state index contributed by atoms with van der Waals surface area (Å²) in [7, 11) is 0. The van der Waals surface area contributed by atoms with E-state index >= 15 is 0 Å². The number of furan rings is 1. The fraction of sp³-hybridized carbons (Fsp3) is 0.214. The van der Waals surface area contributed by atoms with Crippen molar-refractivity contribution in [2.24, 2.45) is 0 Å². The van der Waals surface area contributed by atoms with Gasteiger partial charge in [-0.05, 0) is 50.1 Å². The molecule has 0 radical (unpaired) electrons. The molecule has 2 aromatic rings. The zero-order valence-electron chi connectivity index (χ0n) is 10.6. The summed E-state index contributed by atoms with van der Waals surface area (Å²) in [5.41, 5.74) is 2.98. The van der Waals surface area contributed by atoms with Crippen molar-refractivity contribution < 1.29 is 14.3 Å². The van der Waals surface area contributed by atoms with Gasteiger partial charge in [-0.2, -0.15) is 0 Å². The lowest BCUT2D eigenvalue weighted by molar-refractivity contribution is 0.0995. The molecule has 18 heavy (non-hydrogen) atoms. The third-order valence-electron chi connectivity index (χ3n) is 2.86. The maximum absolute atomic E-state index is 12.0. The zero-order valence-corrected chi connectivity index (χ0v) is 10.6. The molecule has 0 spiro atoms. The number of benzene rings is 1. The molecule has 0 unspecified atom stereocenters. The van der Waals surface area contributed by atoms with Gasteiger partial charge in [0.1, 0.15) is 5.75 Å². The van der Waals surface area contributed by atoms with Crippen LogP contribution < -0.4 is 5.32 Å². The van der Waals surface area contributed by atoms with Gasteiger partial charge in [-0.15, -0.1) is 0 Å². The molecule has 0 bridgehead atoms. The molecule has 0 aliphatic rings. The Morgan fingerprint density at radius 1 is 1.17 bits per heavy atom. The van der Waals surface area contributed by atoms with Crippen LogP contribution >= 0.6 is 0 Å². The molecule has 1 aromatic carbocycles. The Labute approximate surface area is 105 Å². The van der Waals surface area contributed by atoms with Crippen LogP contribution in [0.5, 0.6) is 5.75 Å². The minimum Gasteiger partial charge on any atom is -0.508 e. The lowest BCUT2D eigenvalue weighted by Gasteiger charge is -2.10. The van der Waals surface area contributed by atoms with Crippen LogP contribution in [0.1, 0.15) is 27.2 Å². The maximum atomic E-state index is 12.0. The second-order valence-electron chi connectivity index (χ2n) is 4.34. The van der Waals surface area contributed by atoms with Crippen LogP contribution in [0, 0.1) is 20.8 Å². The Bertz CT molecular complexity index is 599. The predicted octanol–water partition coefficient (Wildman–Crippen LogP) is 3.16. The fourth-order valence-corrected chi connectivity index (χ4v) is 1.72. The van der Waals surface area contributed by atoms with Crippen LogP contribution in [0.2, 0.25) is 0 Å². The molecule has 0 atom stereocenters. The summed E-state index contributed by atoms with van der Waals surface area (Å²) in [6.07, 6.45) is 1.49. The monoisotopic (exact) mass is 245 g/mol. The molecule has 2 rings (SSSR count). The number of anilines is 1. The molecule has 94 valence electrons. The standard InChI is InChI=1S/C14H15NO3/c1-8-4-5-18-13(8)14(17)15-11-6-10(3)12(16)7-9(11)2/h4-7,16H,1-3H3,(H,15,17). The van der Waals surface area contributed by atoms with Gasteiger partial charge in [0.2, 0.25) is 0 Å². The number of phenolic OH excluding ortho intramolecular Hbond substituents is 1. The number of aromatic hydroxyl groups is 1. The van der Waals surface area contributed by atoms with E-state index in [1.807, 2.05) is 13.8 Å². The van der Waals surface area contributed by atoms with Crippen LogP contribution in [0.15, 0.2) is 28.9 Å². The molecular formula is C14H15NO3. The van der Waals surface area contributed by atoms with Gasteiger partial charge in [0.15, 0.2) is 5.76 Å². The summed E-state index contributed by atoms with van der Waals surface area (Å²) in [4.78, 5) is 12.0. The van der Waals surface area contributed by atoms with Gasteiger partial charge >= 0.3 is 0 Å². The van der Waals surface area contributed by atoms with Crippen molar-refractivity contribution in [3.8, 4) is 5.75 Å². The van der Waals surface area contributed by atoms with Crippen molar-refractivity contribution >= 4 is 11.6 Å². The van der Waals surface area contributed by atoms with Crippen LogP contribution in [-0.4, -0.2) is 11.0 Å². The average molecular weight is 245 g/mol. The summed E-state index contributed by atoms with van der Waals surface area (Å²) < 4.78 is 5.13. The summed E-state index contributed by atoms with van der Waals surface area (Å²) in [5.74, 6) is 0.241. The number of carbonyl (C=O) groups is 1. The number of hydrogen-bond acceptors (Lipinski definition) is 3. The molecular weight excluding hydrogens is 230 g/mol.